The molecule has 14 heavy (non-hydrogen) atoms. The minimum Gasteiger partial charge on any atom is -0.389 e. The standard InChI is InChI=1S/C12H23NO/c1-10-8-11(2,9-13(10)3)12(14)6-4-5-7-12/h10,14H,4-9H2,1-3H3/t10-,11+/m1/s1. The first kappa shape index (κ1) is 10.4. The molecule has 2 heteroatoms. The highest BCUT2D eigenvalue weighted by Crippen LogP contribution is 2.50. The molecule has 2 fully saturated rings. The molecule has 82 valence electrons. The van der Waals surface area contributed by atoms with Crippen LogP contribution in [0.2, 0.25) is 0 Å². The summed E-state index contributed by atoms with van der Waals surface area (Å²) in [6.45, 7) is 5.60. The maximum atomic E-state index is 10.7. The third-order valence-electron chi connectivity index (χ3n) is 4.65. The van der Waals surface area contributed by atoms with Crippen molar-refractivity contribution < 1.29 is 5.11 Å². The minimum atomic E-state index is -0.369. The molecule has 1 aliphatic carbocycles. The maximum absolute atomic E-state index is 10.7. The summed E-state index contributed by atoms with van der Waals surface area (Å²) in [6, 6.07) is 0.629. The molecule has 0 aromatic heterocycles. The lowest BCUT2D eigenvalue weighted by Gasteiger charge is -2.40. The van der Waals surface area contributed by atoms with Crippen molar-refractivity contribution in [2.75, 3.05) is 13.6 Å². The predicted molar refractivity (Wildman–Crippen MR) is 58.2 cm³/mol. The number of rotatable bonds is 1. The molecular weight excluding hydrogens is 174 g/mol. The van der Waals surface area contributed by atoms with Gasteiger partial charge in [-0.25, -0.2) is 0 Å². The Hall–Kier alpha value is -0.0800. The molecule has 0 bridgehead atoms. The fraction of sp³-hybridized carbons (Fsp3) is 1.00. The summed E-state index contributed by atoms with van der Waals surface area (Å²) in [5.74, 6) is 0. The molecule has 1 saturated carbocycles. The van der Waals surface area contributed by atoms with Gasteiger partial charge >= 0.3 is 0 Å². The zero-order chi connectivity index (χ0) is 10.4. The minimum absolute atomic E-state index is 0.137. The lowest BCUT2D eigenvalue weighted by Crippen LogP contribution is -2.45. The Labute approximate surface area is 87.3 Å². The fourth-order valence-corrected chi connectivity index (χ4v) is 3.48. The summed E-state index contributed by atoms with van der Waals surface area (Å²) >= 11 is 0. The molecule has 2 aliphatic rings. The van der Waals surface area contributed by atoms with Crippen molar-refractivity contribution in [1.82, 2.24) is 4.90 Å². The van der Waals surface area contributed by atoms with Gasteiger partial charge in [0.1, 0.15) is 0 Å². The van der Waals surface area contributed by atoms with Crippen molar-refractivity contribution in [2.45, 2.75) is 57.6 Å². The zero-order valence-corrected chi connectivity index (χ0v) is 9.71. The fourth-order valence-electron chi connectivity index (χ4n) is 3.48. The first-order valence-corrected chi connectivity index (χ1v) is 5.90. The first-order valence-electron chi connectivity index (χ1n) is 5.90. The number of hydrogen-bond acceptors (Lipinski definition) is 2. The number of aliphatic hydroxyl groups is 1. The second-order valence-electron chi connectivity index (χ2n) is 5.77. The average Bonchev–Trinajstić information content (AvgIpc) is 2.61. The van der Waals surface area contributed by atoms with Gasteiger partial charge in [0.25, 0.3) is 0 Å². The summed E-state index contributed by atoms with van der Waals surface area (Å²) in [6.07, 6.45) is 5.61. The molecule has 0 radical (unpaired) electrons. The van der Waals surface area contributed by atoms with E-state index in [1.807, 2.05) is 0 Å². The Bertz CT molecular complexity index is 210. The average molecular weight is 197 g/mol. The van der Waals surface area contributed by atoms with Gasteiger partial charge < -0.3 is 10.0 Å². The molecule has 0 aromatic carbocycles. The van der Waals surface area contributed by atoms with E-state index in [9.17, 15) is 5.11 Å². The van der Waals surface area contributed by atoms with Crippen molar-refractivity contribution in [2.24, 2.45) is 5.41 Å². The third kappa shape index (κ3) is 1.40. The molecule has 2 rings (SSSR count). The Morgan fingerprint density at radius 1 is 1.29 bits per heavy atom. The van der Waals surface area contributed by atoms with Crippen molar-refractivity contribution in [1.29, 1.82) is 0 Å². The van der Waals surface area contributed by atoms with Crippen LogP contribution in [0.3, 0.4) is 0 Å². The van der Waals surface area contributed by atoms with Gasteiger partial charge in [-0.1, -0.05) is 19.8 Å². The Morgan fingerprint density at radius 2 is 1.86 bits per heavy atom. The normalized spacial score (nSPS) is 43.3. The molecule has 1 saturated heterocycles. The van der Waals surface area contributed by atoms with E-state index in [0.29, 0.717) is 6.04 Å². The van der Waals surface area contributed by atoms with Gasteiger partial charge in [0.2, 0.25) is 0 Å². The molecule has 1 heterocycles. The van der Waals surface area contributed by atoms with Gasteiger partial charge in [0.15, 0.2) is 0 Å². The van der Waals surface area contributed by atoms with Crippen LogP contribution in [-0.4, -0.2) is 35.2 Å². The topological polar surface area (TPSA) is 23.5 Å². The first-order chi connectivity index (χ1) is 6.47. The molecule has 1 aliphatic heterocycles. The molecule has 0 unspecified atom stereocenters. The van der Waals surface area contributed by atoms with Crippen LogP contribution >= 0.6 is 0 Å². The molecule has 0 aromatic rings. The smallest absolute Gasteiger partial charge is 0.0713 e. The Balaban J connectivity index is 2.16. The van der Waals surface area contributed by atoms with Crippen LogP contribution in [0.15, 0.2) is 0 Å². The van der Waals surface area contributed by atoms with Gasteiger partial charge in [-0.05, 0) is 33.2 Å². The predicted octanol–water partition coefficient (Wildman–Crippen LogP) is 2.02. The lowest BCUT2D eigenvalue weighted by molar-refractivity contribution is -0.0644. The number of nitrogens with zero attached hydrogens (tertiary/aromatic N) is 1. The van der Waals surface area contributed by atoms with Crippen LogP contribution < -0.4 is 0 Å². The molecule has 0 spiro atoms. The molecule has 0 amide bonds. The molecule has 2 atom stereocenters. The molecular formula is C12H23NO. The van der Waals surface area contributed by atoms with Crippen LogP contribution in [0.4, 0.5) is 0 Å². The van der Waals surface area contributed by atoms with E-state index < -0.39 is 0 Å². The number of likely N-dealkylation sites (tertiary alicyclic amines) is 1. The van der Waals surface area contributed by atoms with Crippen LogP contribution in [0.25, 0.3) is 0 Å². The van der Waals surface area contributed by atoms with E-state index >= 15 is 0 Å². The zero-order valence-electron chi connectivity index (χ0n) is 9.71. The van der Waals surface area contributed by atoms with Gasteiger partial charge in [-0.15, -0.1) is 0 Å². The summed E-state index contributed by atoms with van der Waals surface area (Å²) in [4.78, 5) is 2.39. The largest absolute Gasteiger partial charge is 0.389 e. The van der Waals surface area contributed by atoms with E-state index in [0.717, 1.165) is 25.8 Å². The summed E-state index contributed by atoms with van der Waals surface area (Å²) < 4.78 is 0. The third-order valence-corrected chi connectivity index (χ3v) is 4.65. The Kier molecular flexibility index (Phi) is 2.39. The highest BCUT2D eigenvalue weighted by Gasteiger charge is 2.52. The second kappa shape index (κ2) is 3.21. The number of hydrogen-bond donors (Lipinski definition) is 1. The molecule has 2 nitrogen and oxygen atoms in total. The summed E-state index contributed by atoms with van der Waals surface area (Å²) in [7, 11) is 2.17. The van der Waals surface area contributed by atoms with Gasteiger partial charge in [0, 0.05) is 18.0 Å². The Morgan fingerprint density at radius 3 is 2.29 bits per heavy atom. The maximum Gasteiger partial charge on any atom is 0.0713 e. The highest BCUT2D eigenvalue weighted by molar-refractivity contribution is 5.05. The van der Waals surface area contributed by atoms with E-state index in [1.54, 1.807) is 0 Å². The van der Waals surface area contributed by atoms with Crippen LogP contribution in [-0.2, 0) is 0 Å². The van der Waals surface area contributed by atoms with Crippen molar-refractivity contribution in [3.05, 3.63) is 0 Å². The van der Waals surface area contributed by atoms with Crippen LogP contribution in [0.1, 0.15) is 46.0 Å². The second-order valence-corrected chi connectivity index (χ2v) is 5.77. The van der Waals surface area contributed by atoms with Crippen molar-refractivity contribution in [3.8, 4) is 0 Å². The van der Waals surface area contributed by atoms with E-state index in [-0.39, 0.29) is 11.0 Å². The quantitative estimate of drug-likeness (QED) is 0.695. The van der Waals surface area contributed by atoms with Gasteiger partial charge in [0.05, 0.1) is 5.60 Å². The highest BCUT2D eigenvalue weighted by atomic mass is 16.3. The van der Waals surface area contributed by atoms with E-state index in [2.05, 4.69) is 25.8 Å². The van der Waals surface area contributed by atoms with Gasteiger partial charge in [-0.2, -0.15) is 0 Å². The van der Waals surface area contributed by atoms with Gasteiger partial charge in [-0.3, -0.25) is 0 Å². The SMILES string of the molecule is C[C@@H]1C[C@](C)(C2(O)CCCC2)CN1C. The van der Waals surface area contributed by atoms with Crippen molar-refractivity contribution >= 4 is 0 Å². The molecule has 1 N–H and O–H groups in total. The summed E-state index contributed by atoms with van der Waals surface area (Å²) in [5.41, 5.74) is -0.232. The summed E-state index contributed by atoms with van der Waals surface area (Å²) in [5, 5.41) is 10.7. The lowest BCUT2D eigenvalue weighted by atomic mass is 9.71. The van der Waals surface area contributed by atoms with E-state index in [1.165, 1.54) is 12.8 Å². The monoisotopic (exact) mass is 197 g/mol. The van der Waals surface area contributed by atoms with Crippen LogP contribution in [0.5, 0.6) is 0 Å². The van der Waals surface area contributed by atoms with Crippen molar-refractivity contribution in [3.63, 3.8) is 0 Å². The van der Waals surface area contributed by atoms with Crippen LogP contribution in [0, 0.1) is 5.41 Å². The van der Waals surface area contributed by atoms with E-state index in [4.69, 9.17) is 0 Å².